The molecule has 26 heavy (non-hydrogen) atoms. The third-order valence-electron chi connectivity index (χ3n) is 3.48. The van der Waals surface area contributed by atoms with Gasteiger partial charge < -0.3 is 20.5 Å². The number of carbonyl (C=O) groups excluding carboxylic acids is 3. The number of nitrogens with two attached hydrogens (primary N) is 1. The molecule has 0 spiro atoms. The van der Waals surface area contributed by atoms with Gasteiger partial charge in [-0.05, 0) is 48.9 Å². The summed E-state index contributed by atoms with van der Waals surface area (Å²) in [5.41, 5.74) is 6.53. The second kappa shape index (κ2) is 9.22. The van der Waals surface area contributed by atoms with E-state index in [4.69, 9.17) is 15.2 Å². The standard InChI is InChI=1S/C19H20N2O5/c1-2-25-16-9-7-14(8-10-16)17(22)12-26-18(23)15-5-3-13(4-6-15)11-21-19(20)24/h3-10H,2,11-12H2,1H3,(H3,20,21,24). The van der Waals surface area contributed by atoms with Gasteiger partial charge >= 0.3 is 12.0 Å². The minimum atomic E-state index is -0.624. The Kier molecular flexibility index (Phi) is 6.73. The molecule has 2 amide bonds. The molecule has 7 nitrogen and oxygen atoms in total. The van der Waals surface area contributed by atoms with Gasteiger partial charge in [0.05, 0.1) is 12.2 Å². The summed E-state index contributed by atoms with van der Waals surface area (Å²) in [7, 11) is 0. The first-order valence-corrected chi connectivity index (χ1v) is 8.05. The van der Waals surface area contributed by atoms with E-state index in [0.717, 1.165) is 5.56 Å². The number of carbonyl (C=O) groups is 3. The lowest BCUT2D eigenvalue weighted by molar-refractivity contribution is 0.0474. The molecule has 2 rings (SSSR count). The average molecular weight is 356 g/mol. The maximum absolute atomic E-state index is 12.1. The predicted octanol–water partition coefficient (Wildman–Crippen LogP) is 2.29. The molecule has 0 aliphatic heterocycles. The van der Waals surface area contributed by atoms with E-state index in [0.29, 0.717) is 23.5 Å². The maximum Gasteiger partial charge on any atom is 0.338 e. The number of rotatable bonds is 8. The van der Waals surface area contributed by atoms with Crippen molar-refractivity contribution in [1.29, 1.82) is 0 Å². The SMILES string of the molecule is CCOc1ccc(C(=O)COC(=O)c2ccc(CNC(N)=O)cc2)cc1. The van der Waals surface area contributed by atoms with E-state index in [-0.39, 0.29) is 18.9 Å². The normalized spacial score (nSPS) is 10.0. The van der Waals surface area contributed by atoms with Crippen molar-refractivity contribution in [2.45, 2.75) is 13.5 Å². The van der Waals surface area contributed by atoms with E-state index in [1.165, 1.54) is 0 Å². The predicted molar refractivity (Wildman–Crippen MR) is 95.1 cm³/mol. The fourth-order valence-electron chi connectivity index (χ4n) is 2.15. The summed E-state index contributed by atoms with van der Waals surface area (Å²) in [4.78, 5) is 34.8. The molecule has 0 bridgehead atoms. The van der Waals surface area contributed by atoms with Gasteiger partial charge in [0.25, 0.3) is 0 Å². The maximum atomic E-state index is 12.1. The van der Waals surface area contributed by atoms with Crippen LogP contribution in [0.5, 0.6) is 5.75 Å². The molecule has 0 saturated heterocycles. The molecular formula is C19H20N2O5. The molecule has 0 saturated carbocycles. The van der Waals surface area contributed by atoms with E-state index >= 15 is 0 Å². The number of benzene rings is 2. The summed E-state index contributed by atoms with van der Waals surface area (Å²) in [6.45, 7) is 2.33. The van der Waals surface area contributed by atoms with Gasteiger partial charge in [0.15, 0.2) is 12.4 Å². The largest absolute Gasteiger partial charge is 0.494 e. The molecule has 136 valence electrons. The number of urea groups is 1. The highest BCUT2D eigenvalue weighted by molar-refractivity contribution is 5.99. The van der Waals surface area contributed by atoms with E-state index in [1.807, 2.05) is 6.92 Å². The Bertz CT molecular complexity index is 770. The smallest absolute Gasteiger partial charge is 0.338 e. The Balaban J connectivity index is 1.87. The molecule has 0 aliphatic rings. The first-order valence-electron chi connectivity index (χ1n) is 8.05. The number of primary amides is 1. The number of amides is 2. The zero-order valence-corrected chi connectivity index (χ0v) is 14.4. The molecular weight excluding hydrogens is 336 g/mol. The monoisotopic (exact) mass is 356 g/mol. The van der Waals surface area contributed by atoms with Crippen LogP contribution in [0.4, 0.5) is 4.79 Å². The number of hydrogen-bond donors (Lipinski definition) is 2. The first-order chi connectivity index (χ1) is 12.5. The Morgan fingerprint density at radius 2 is 1.58 bits per heavy atom. The van der Waals surface area contributed by atoms with Crippen LogP contribution >= 0.6 is 0 Å². The Morgan fingerprint density at radius 3 is 2.15 bits per heavy atom. The molecule has 0 radical (unpaired) electrons. The third kappa shape index (κ3) is 5.62. The van der Waals surface area contributed by atoms with E-state index in [1.54, 1.807) is 48.5 Å². The molecule has 0 heterocycles. The van der Waals surface area contributed by atoms with Crippen molar-refractivity contribution in [1.82, 2.24) is 5.32 Å². The molecule has 0 atom stereocenters. The van der Waals surface area contributed by atoms with E-state index in [2.05, 4.69) is 5.32 Å². The molecule has 7 heteroatoms. The lowest BCUT2D eigenvalue weighted by atomic mass is 10.1. The van der Waals surface area contributed by atoms with Crippen molar-refractivity contribution < 1.29 is 23.9 Å². The summed E-state index contributed by atoms with van der Waals surface area (Å²) in [5, 5.41) is 2.45. The van der Waals surface area contributed by atoms with Crippen molar-refractivity contribution in [2.24, 2.45) is 5.73 Å². The Morgan fingerprint density at radius 1 is 0.962 bits per heavy atom. The average Bonchev–Trinajstić information content (AvgIpc) is 2.65. The lowest BCUT2D eigenvalue weighted by Crippen LogP contribution is -2.28. The van der Waals surface area contributed by atoms with Gasteiger partial charge in [-0.15, -0.1) is 0 Å². The van der Waals surface area contributed by atoms with E-state index in [9.17, 15) is 14.4 Å². The van der Waals surface area contributed by atoms with Gasteiger partial charge in [0.1, 0.15) is 5.75 Å². The van der Waals surface area contributed by atoms with Gasteiger partial charge in [0.2, 0.25) is 0 Å². The molecule has 0 unspecified atom stereocenters. The number of nitrogens with one attached hydrogen (secondary N) is 1. The van der Waals surface area contributed by atoms with Crippen LogP contribution in [-0.2, 0) is 11.3 Å². The van der Waals surface area contributed by atoms with Crippen LogP contribution in [0.2, 0.25) is 0 Å². The second-order valence-electron chi connectivity index (χ2n) is 5.37. The van der Waals surface area contributed by atoms with Crippen molar-refractivity contribution >= 4 is 17.8 Å². The zero-order chi connectivity index (χ0) is 18.9. The Hall–Kier alpha value is -3.35. The minimum absolute atomic E-state index is 0.265. The Labute approximate surface area is 151 Å². The molecule has 2 aromatic rings. The van der Waals surface area contributed by atoms with Gasteiger partial charge in [-0.25, -0.2) is 9.59 Å². The van der Waals surface area contributed by atoms with Gasteiger partial charge in [0, 0.05) is 12.1 Å². The molecule has 0 aromatic heterocycles. The third-order valence-corrected chi connectivity index (χ3v) is 3.48. The van der Waals surface area contributed by atoms with Crippen molar-refractivity contribution in [3.05, 3.63) is 65.2 Å². The van der Waals surface area contributed by atoms with Crippen LogP contribution in [0, 0.1) is 0 Å². The minimum Gasteiger partial charge on any atom is -0.494 e. The quantitative estimate of drug-likeness (QED) is 0.557. The van der Waals surface area contributed by atoms with Crippen molar-refractivity contribution in [2.75, 3.05) is 13.2 Å². The lowest BCUT2D eigenvalue weighted by Gasteiger charge is -2.07. The zero-order valence-electron chi connectivity index (χ0n) is 14.4. The number of esters is 1. The fraction of sp³-hybridized carbons (Fsp3) is 0.211. The van der Waals surface area contributed by atoms with Crippen molar-refractivity contribution in [3.63, 3.8) is 0 Å². The van der Waals surface area contributed by atoms with E-state index < -0.39 is 12.0 Å². The van der Waals surface area contributed by atoms with Gasteiger partial charge in [-0.2, -0.15) is 0 Å². The summed E-state index contributed by atoms with van der Waals surface area (Å²) in [5.74, 6) is -0.227. The van der Waals surface area contributed by atoms with Crippen LogP contribution in [0.3, 0.4) is 0 Å². The number of ketones is 1. The van der Waals surface area contributed by atoms with Crippen LogP contribution in [-0.4, -0.2) is 31.0 Å². The molecule has 0 fully saturated rings. The summed E-state index contributed by atoms with van der Waals surface area (Å²) >= 11 is 0. The topological polar surface area (TPSA) is 108 Å². The molecule has 0 aliphatic carbocycles. The molecule has 2 aromatic carbocycles. The highest BCUT2D eigenvalue weighted by Gasteiger charge is 2.12. The first kappa shape index (κ1) is 19.0. The van der Waals surface area contributed by atoms with Crippen LogP contribution in [0.25, 0.3) is 0 Å². The summed E-state index contributed by atoms with van der Waals surface area (Å²) in [6, 6.07) is 12.5. The molecule has 3 N–H and O–H groups in total. The second-order valence-corrected chi connectivity index (χ2v) is 5.37. The van der Waals surface area contributed by atoms with Crippen LogP contribution in [0.15, 0.2) is 48.5 Å². The van der Waals surface area contributed by atoms with Gasteiger partial charge in [-0.3, -0.25) is 4.79 Å². The highest BCUT2D eigenvalue weighted by Crippen LogP contribution is 2.13. The fourth-order valence-corrected chi connectivity index (χ4v) is 2.15. The van der Waals surface area contributed by atoms with Gasteiger partial charge in [-0.1, -0.05) is 12.1 Å². The van der Waals surface area contributed by atoms with Crippen molar-refractivity contribution in [3.8, 4) is 5.75 Å². The summed E-state index contributed by atoms with van der Waals surface area (Å²) in [6.07, 6.45) is 0. The van der Waals surface area contributed by atoms with Crippen LogP contribution < -0.4 is 15.8 Å². The number of ether oxygens (including phenoxy) is 2. The highest BCUT2D eigenvalue weighted by atomic mass is 16.5. The number of hydrogen-bond acceptors (Lipinski definition) is 5. The summed E-state index contributed by atoms with van der Waals surface area (Å²) < 4.78 is 10.4. The van der Waals surface area contributed by atoms with Crippen LogP contribution in [0.1, 0.15) is 33.2 Å². The number of Topliss-reactive ketones (excluding diaryl/α,β-unsaturated/α-hetero) is 1.